The molecular formula is C21H17BrF2N2O2. The number of ketones is 1. The van der Waals surface area contributed by atoms with Crippen LogP contribution in [0.15, 0.2) is 46.9 Å². The molecule has 7 heteroatoms. The van der Waals surface area contributed by atoms with Crippen LogP contribution in [-0.4, -0.2) is 34.7 Å². The Kier molecular flexibility index (Phi) is 5.02. The van der Waals surface area contributed by atoms with Crippen molar-refractivity contribution >= 4 is 38.5 Å². The van der Waals surface area contributed by atoms with E-state index in [0.29, 0.717) is 31.6 Å². The highest BCUT2D eigenvalue weighted by molar-refractivity contribution is 9.10. The molecule has 0 atom stereocenters. The second-order valence-electron chi connectivity index (χ2n) is 6.97. The first-order valence-electron chi connectivity index (χ1n) is 8.99. The molecule has 2 aromatic carbocycles. The van der Waals surface area contributed by atoms with Gasteiger partial charge in [0.2, 0.25) is 0 Å². The second-order valence-corrected chi connectivity index (χ2v) is 7.89. The van der Waals surface area contributed by atoms with Crippen molar-refractivity contribution < 1.29 is 18.4 Å². The fourth-order valence-electron chi connectivity index (χ4n) is 3.64. The molecule has 1 saturated heterocycles. The third-order valence-electron chi connectivity index (χ3n) is 5.16. The molecule has 0 saturated carbocycles. The van der Waals surface area contributed by atoms with Crippen molar-refractivity contribution in [2.75, 3.05) is 13.1 Å². The second kappa shape index (κ2) is 7.47. The molecule has 1 aromatic heterocycles. The number of H-pyrrole nitrogens is 1. The lowest BCUT2D eigenvalue weighted by molar-refractivity contribution is 0.0645. The Morgan fingerprint density at radius 2 is 1.79 bits per heavy atom. The summed E-state index contributed by atoms with van der Waals surface area (Å²) in [6, 6.07) is 10.5. The maximum atomic E-state index is 13.9. The van der Waals surface area contributed by atoms with Crippen LogP contribution in [0.5, 0.6) is 0 Å². The summed E-state index contributed by atoms with van der Waals surface area (Å²) in [7, 11) is 0. The molecule has 4 rings (SSSR count). The summed E-state index contributed by atoms with van der Waals surface area (Å²) in [4.78, 5) is 30.1. The Bertz CT molecular complexity index is 1070. The quantitative estimate of drug-likeness (QED) is 0.579. The van der Waals surface area contributed by atoms with Crippen molar-refractivity contribution in [3.63, 3.8) is 0 Å². The van der Waals surface area contributed by atoms with Crippen molar-refractivity contribution in [3.05, 3.63) is 69.8 Å². The highest BCUT2D eigenvalue weighted by Gasteiger charge is 2.30. The van der Waals surface area contributed by atoms with Crippen molar-refractivity contribution in [3.8, 4) is 0 Å². The summed E-state index contributed by atoms with van der Waals surface area (Å²) < 4.78 is 28.2. The lowest BCUT2D eigenvalue weighted by atomic mass is 9.88. The lowest BCUT2D eigenvalue weighted by Gasteiger charge is -2.31. The number of nitrogens with one attached hydrogen (secondary N) is 1. The molecule has 2 heterocycles. The van der Waals surface area contributed by atoms with E-state index in [-0.39, 0.29) is 11.5 Å². The molecule has 0 unspecified atom stereocenters. The van der Waals surface area contributed by atoms with Gasteiger partial charge in [-0.2, -0.15) is 0 Å². The van der Waals surface area contributed by atoms with Gasteiger partial charge in [-0.1, -0.05) is 22.0 Å². The number of fused-ring (bicyclic) bond motifs is 1. The van der Waals surface area contributed by atoms with Crippen molar-refractivity contribution in [2.45, 2.75) is 12.8 Å². The summed E-state index contributed by atoms with van der Waals surface area (Å²) in [6.07, 6.45) is 0.846. The van der Waals surface area contributed by atoms with Crippen LogP contribution in [-0.2, 0) is 0 Å². The van der Waals surface area contributed by atoms with Crippen LogP contribution in [0.25, 0.3) is 10.9 Å². The highest BCUT2D eigenvalue weighted by Crippen LogP contribution is 2.26. The predicted molar refractivity (Wildman–Crippen MR) is 105 cm³/mol. The third-order valence-corrected chi connectivity index (χ3v) is 5.66. The van der Waals surface area contributed by atoms with Crippen LogP contribution in [0, 0.1) is 17.6 Å². The summed E-state index contributed by atoms with van der Waals surface area (Å²) in [6.45, 7) is 0.788. The average molecular weight is 447 g/mol. The molecule has 144 valence electrons. The summed E-state index contributed by atoms with van der Waals surface area (Å²) >= 11 is 3.41. The molecule has 0 radical (unpaired) electrons. The van der Waals surface area contributed by atoms with E-state index in [1.807, 2.05) is 24.3 Å². The summed E-state index contributed by atoms with van der Waals surface area (Å²) in [5.41, 5.74) is 1.14. The number of likely N-dealkylation sites (tertiary alicyclic amines) is 1. The first kappa shape index (κ1) is 18.8. The molecule has 0 bridgehead atoms. The van der Waals surface area contributed by atoms with Crippen molar-refractivity contribution in [2.24, 2.45) is 5.92 Å². The van der Waals surface area contributed by atoms with Gasteiger partial charge in [-0.3, -0.25) is 9.59 Å². The average Bonchev–Trinajstić information content (AvgIpc) is 3.12. The van der Waals surface area contributed by atoms with E-state index in [9.17, 15) is 18.4 Å². The Balaban J connectivity index is 1.45. The SMILES string of the molecule is O=C(c1cc(F)ccc1F)C1CCN(C(=O)c2cc3ccc(Br)cc3[nH]2)CC1. The van der Waals surface area contributed by atoms with E-state index in [1.165, 1.54) is 0 Å². The molecule has 1 aliphatic heterocycles. The minimum atomic E-state index is -0.714. The fourth-order valence-corrected chi connectivity index (χ4v) is 4.00. The minimum Gasteiger partial charge on any atom is -0.350 e. The smallest absolute Gasteiger partial charge is 0.270 e. The minimum absolute atomic E-state index is 0.129. The van der Waals surface area contributed by atoms with Crippen molar-refractivity contribution in [1.82, 2.24) is 9.88 Å². The Morgan fingerprint density at radius 1 is 1.04 bits per heavy atom. The maximum Gasteiger partial charge on any atom is 0.270 e. The van der Waals surface area contributed by atoms with Crippen LogP contribution < -0.4 is 0 Å². The van der Waals surface area contributed by atoms with Gasteiger partial charge in [0.15, 0.2) is 5.78 Å². The first-order chi connectivity index (χ1) is 13.4. The number of aromatic nitrogens is 1. The molecule has 28 heavy (non-hydrogen) atoms. The van der Waals surface area contributed by atoms with Gasteiger partial charge in [-0.15, -0.1) is 0 Å². The molecule has 1 aliphatic rings. The monoisotopic (exact) mass is 446 g/mol. The molecule has 1 amide bonds. The topological polar surface area (TPSA) is 53.2 Å². The number of Topliss-reactive ketones (excluding diaryl/α,β-unsaturated/α-hetero) is 1. The molecular weight excluding hydrogens is 430 g/mol. The number of halogens is 3. The number of carbonyl (C=O) groups is 2. The number of hydrogen-bond acceptors (Lipinski definition) is 2. The molecule has 1 N–H and O–H groups in total. The zero-order chi connectivity index (χ0) is 19.8. The summed E-state index contributed by atoms with van der Waals surface area (Å²) in [5.74, 6) is -2.30. The molecule has 0 aliphatic carbocycles. The van der Waals surface area contributed by atoms with Gasteiger partial charge in [0, 0.05) is 34.4 Å². The molecule has 3 aromatic rings. The number of aromatic amines is 1. The Labute approximate surface area is 168 Å². The van der Waals surface area contributed by atoms with E-state index >= 15 is 0 Å². The van der Waals surface area contributed by atoms with E-state index < -0.39 is 23.3 Å². The van der Waals surface area contributed by atoms with Gasteiger partial charge in [0.25, 0.3) is 5.91 Å². The zero-order valence-electron chi connectivity index (χ0n) is 14.8. The van der Waals surface area contributed by atoms with E-state index in [2.05, 4.69) is 20.9 Å². The lowest BCUT2D eigenvalue weighted by Crippen LogP contribution is -2.40. The molecule has 4 nitrogen and oxygen atoms in total. The number of hydrogen-bond donors (Lipinski definition) is 1. The van der Waals surface area contributed by atoms with E-state index in [0.717, 1.165) is 33.6 Å². The van der Waals surface area contributed by atoms with Gasteiger partial charge in [0.1, 0.15) is 17.3 Å². The standard InChI is InChI=1S/C21H17BrF2N2O2/c22-14-2-1-13-9-19(25-18(13)10-14)21(28)26-7-5-12(6-8-26)20(27)16-11-15(23)3-4-17(16)24/h1-4,9-12,25H,5-8H2. The number of amides is 1. The van der Waals surface area contributed by atoms with Crippen LogP contribution >= 0.6 is 15.9 Å². The number of nitrogens with zero attached hydrogens (tertiary/aromatic N) is 1. The molecule has 0 spiro atoms. The molecule has 1 fully saturated rings. The predicted octanol–water partition coefficient (Wildman–Crippen LogP) is 4.94. The van der Waals surface area contributed by atoms with E-state index in [1.54, 1.807) is 4.90 Å². The number of rotatable bonds is 3. The van der Waals surface area contributed by atoms with Gasteiger partial charge in [-0.05, 0) is 49.2 Å². The van der Waals surface area contributed by atoms with Gasteiger partial charge >= 0.3 is 0 Å². The van der Waals surface area contributed by atoms with Crippen LogP contribution in [0.1, 0.15) is 33.7 Å². The van der Waals surface area contributed by atoms with Crippen LogP contribution in [0.4, 0.5) is 8.78 Å². The zero-order valence-corrected chi connectivity index (χ0v) is 16.4. The number of carbonyl (C=O) groups excluding carboxylic acids is 2. The van der Waals surface area contributed by atoms with Gasteiger partial charge in [0.05, 0.1) is 5.56 Å². The number of piperidine rings is 1. The Hall–Kier alpha value is -2.54. The van der Waals surface area contributed by atoms with Crippen molar-refractivity contribution in [1.29, 1.82) is 0 Å². The van der Waals surface area contributed by atoms with Gasteiger partial charge in [-0.25, -0.2) is 8.78 Å². The number of benzene rings is 2. The third kappa shape index (κ3) is 3.58. The fraction of sp³-hybridized carbons (Fsp3) is 0.238. The highest BCUT2D eigenvalue weighted by atomic mass is 79.9. The normalized spacial score (nSPS) is 15.2. The first-order valence-corrected chi connectivity index (χ1v) is 9.78. The largest absolute Gasteiger partial charge is 0.350 e. The van der Waals surface area contributed by atoms with E-state index in [4.69, 9.17) is 0 Å². The Morgan fingerprint density at radius 3 is 2.54 bits per heavy atom. The maximum absolute atomic E-state index is 13.9. The van der Waals surface area contributed by atoms with Crippen LogP contribution in [0.3, 0.4) is 0 Å². The van der Waals surface area contributed by atoms with Gasteiger partial charge < -0.3 is 9.88 Å². The van der Waals surface area contributed by atoms with Crippen LogP contribution in [0.2, 0.25) is 0 Å². The summed E-state index contributed by atoms with van der Waals surface area (Å²) in [5, 5.41) is 0.943.